The summed E-state index contributed by atoms with van der Waals surface area (Å²) >= 11 is 1.82. The van der Waals surface area contributed by atoms with Gasteiger partial charge >= 0.3 is 5.97 Å². The van der Waals surface area contributed by atoms with Crippen LogP contribution in [0.15, 0.2) is 47.8 Å². The molecule has 8 heteroatoms. The van der Waals surface area contributed by atoms with Gasteiger partial charge in [-0.25, -0.2) is 0 Å². The van der Waals surface area contributed by atoms with Crippen LogP contribution < -0.4 is 14.5 Å². The summed E-state index contributed by atoms with van der Waals surface area (Å²) in [7, 11) is 0. The number of hydrogen-bond acceptors (Lipinski definition) is 6. The van der Waals surface area contributed by atoms with Gasteiger partial charge in [-0.2, -0.15) is 0 Å². The van der Waals surface area contributed by atoms with E-state index in [0.29, 0.717) is 19.4 Å². The normalized spacial score (nSPS) is 15.1. The monoisotopic (exact) mass is 717 g/mol. The molecule has 5 rings (SSSR count). The minimum Gasteiger partial charge on any atom is -0.494 e. The zero-order valence-corrected chi connectivity index (χ0v) is 31.9. The number of aliphatic carboxylic acids is 1. The van der Waals surface area contributed by atoms with Crippen molar-refractivity contribution in [3.63, 3.8) is 0 Å². The number of carbonyl (C=O) groups is 2. The molecule has 51 heavy (non-hydrogen) atoms. The standard InChI is InChI=1S/C43H63N3O4S/c47-42-25-23-36-22-24-37(50-33-17-16-27-44-29-31-45(32-30-44)39-19-18-20-41-38(39)26-34-51-41)35-40(36)46(42)28-15-13-11-9-7-5-3-1-2-4-6-8-10-12-14-21-43(48)49/h18-20,22,24,26,34-35H,1-17,21,23,25,27-33H2,(H,48,49). The predicted molar refractivity (Wildman–Crippen MR) is 214 cm³/mol. The summed E-state index contributed by atoms with van der Waals surface area (Å²) in [5, 5.41) is 12.3. The lowest BCUT2D eigenvalue weighted by Gasteiger charge is -2.36. The number of nitrogens with zero attached hydrogens (tertiary/aromatic N) is 3. The first kappa shape index (κ1) is 39.1. The van der Waals surface area contributed by atoms with E-state index in [4.69, 9.17) is 9.84 Å². The highest BCUT2D eigenvalue weighted by atomic mass is 32.1. The summed E-state index contributed by atoms with van der Waals surface area (Å²) in [6, 6.07) is 15.3. The molecule has 2 aliphatic heterocycles. The number of unbranched alkanes of at least 4 members (excludes halogenated alkanes) is 15. The van der Waals surface area contributed by atoms with Crippen molar-refractivity contribution in [2.45, 2.75) is 128 Å². The summed E-state index contributed by atoms with van der Waals surface area (Å²) in [4.78, 5) is 30.7. The van der Waals surface area contributed by atoms with Crippen molar-refractivity contribution in [1.82, 2.24) is 4.90 Å². The summed E-state index contributed by atoms with van der Waals surface area (Å²) in [5.41, 5.74) is 3.72. The number of carboxylic acid groups (broad SMARTS) is 1. The minimum absolute atomic E-state index is 0.255. The molecule has 0 atom stereocenters. The van der Waals surface area contributed by atoms with Crippen LogP contribution in [-0.2, 0) is 16.0 Å². The number of carboxylic acids is 1. The third kappa shape index (κ3) is 13.1. The van der Waals surface area contributed by atoms with Gasteiger partial charge in [0.05, 0.1) is 12.3 Å². The van der Waals surface area contributed by atoms with Gasteiger partial charge in [-0.05, 0) is 73.9 Å². The molecule has 2 aromatic carbocycles. The number of hydrogen-bond donors (Lipinski definition) is 1. The second-order valence-corrected chi connectivity index (χ2v) is 15.7. The number of benzene rings is 2. The van der Waals surface area contributed by atoms with E-state index < -0.39 is 5.97 Å². The fourth-order valence-electron chi connectivity index (χ4n) is 7.79. The largest absolute Gasteiger partial charge is 0.494 e. The Bertz CT molecular complexity index is 1470. The number of aryl methyl sites for hydroxylation is 1. The van der Waals surface area contributed by atoms with Crippen molar-refractivity contribution >= 4 is 44.7 Å². The van der Waals surface area contributed by atoms with E-state index in [1.54, 1.807) is 0 Å². The van der Waals surface area contributed by atoms with E-state index in [2.05, 4.69) is 57.6 Å². The Balaban J connectivity index is 0.887. The van der Waals surface area contributed by atoms with E-state index in [9.17, 15) is 9.59 Å². The Labute approximate surface area is 311 Å². The maximum absolute atomic E-state index is 12.9. The van der Waals surface area contributed by atoms with Crippen molar-refractivity contribution in [1.29, 1.82) is 0 Å². The van der Waals surface area contributed by atoms with Crippen LogP contribution in [-0.4, -0.2) is 67.8 Å². The first-order valence-electron chi connectivity index (χ1n) is 20.3. The molecule has 0 spiro atoms. The average molecular weight is 718 g/mol. The molecule has 7 nitrogen and oxygen atoms in total. The Kier molecular flexibility index (Phi) is 16.9. The molecule has 0 aliphatic carbocycles. The van der Waals surface area contributed by atoms with Gasteiger partial charge in [0.2, 0.25) is 5.91 Å². The fraction of sp³-hybridized carbons (Fsp3) is 0.628. The first-order valence-corrected chi connectivity index (χ1v) is 21.2. The van der Waals surface area contributed by atoms with Crippen LogP contribution in [0.3, 0.4) is 0 Å². The maximum atomic E-state index is 12.9. The van der Waals surface area contributed by atoms with Crippen LogP contribution in [0, 0.1) is 0 Å². The Morgan fingerprint density at radius 1 is 0.686 bits per heavy atom. The molecular weight excluding hydrogens is 655 g/mol. The highest BCUT2D eigenvalue weighted by Crippen LogP contribution is 2.33. The molecule has 0 unspecified atom stereocenters. The Morgan fingerprint density at radius 3 is 2.02 bits per heavy atom. The predicted octanol–water partition coefficient (Wildman–Crippen LogP) is 10.5. The average Bonchev–Trinajstić information content (AvgIpc) is 3.63. The summed E-state index contributed by atoms with van der Waals surface area (Å²) in [6.07, 6.45) is 22.3. The third-order valence-electron chi connectivity index (χ3n) is 10.9. The van der Waals surface area contributed by atoms with E-state index in [0.717, 1.165) is 89.2 Å². The summed E-state index contributed by atoms with van der Waals surface area (Å²) in [6.45, 7) is 7.03. The molecule has 0 bridgehead atoms. The van der Waals surface area contributed by atoms with Gasteiger partial charge in [0.25, 0.3) is 0 Å². The van der Waals surface area contributed by atoms with E-state index in [1.165, 1.54) is 98.4 Å². The van der Waals surface area contributed by atoms with E-state index >= 15 is 0 Å². The van der Waals surface area contributed by atoms with Crippen LogP contribution in [0.1, 0.15) is 128 Å². The van der Waals surface area contributed by atoms with Crippen molar-refractivity contribution in [3.8, 4) is 5.75 Å². The Morgan fingerprint density at radius 2 is 1.33 bits per heavy atom. The van der Waals surface area contributed by atoms with Gasteiger partial charge < -0.3 is 19.6 Å². The van der Waals surface area contributed by atoms with Gasteiger partial charge in [-0.15, -0.1) is 11.3 Å². The van der Waals surface area contributed by atoms with Crippen LogP contribution in [0.2, 0.25) is 0 Å². The molecule has 1 amide bonds. The highest BCUT2D eigenvalue weighted by Gasteiger charge is 2.24. The second-order valence-electron chi connectivity index (χ2n) is 14.8. The van der Waals surface area contributed by atoms with Gasteiger partial charge in [-0.3, -0.25) is 14.5 Å². The first-order chi connectivity index (χ1) is 25.1. The van der Waals surface area contributed by atoms with Gasteiger partial charge in [0, 0.05) is 67.4 Å². The van der Waals surface area contributed by atoms with Gasteiger partial charge in [0.1, 0.15) is 5.75 Å². The molecule has 1 fully saturated rings. The zero-order valence-electron chi connectivity index (χ0n) is 31.1. The molecule has 3 aromatic rings. The minimum atomic E-state index is -0.670. The van der Waals surface area contributed by atoms with Crippen LogP contribution in [0.5, 0.6) is 5.75 Å². The SMILES string of the molecule is O=C(O)CCCCCCCCCCCCCCCCCN1C(=O)CCc2ccc(OCCCCN3CCN(c4cccc5sccc45)CC3)cc21. The van der Waals surface area contributed by atoms with Crippen molar-refractivity contribution in [3.05, 3.63) is 53.4 Å². The zero-order chi connectivity index (χ0) is 35.5. The molecular formula is C43H63N3O4S. The molecule has 1 N–H and O–H groups in total. The van der Waals surface area contributed by atoms with Crippen molar-refractivity contribution in [2.75, 3.05) is 55.7 Å². The summed E-state index contributed by atoms with van der Waals surface area (Å²) in [5.74, 6) is 0.471. The molecule has 0 radical (unpaired) electrons. The maximum Gasteiger partial charge on any atom is 0.303 e. The third-order valence-corrected chi connectivity index (χ3v) is 11.7. The smallest absolute Gasteiger partial charge is 0.303 e. The van der Waals surface area contributed by atoms with Crippen LogP contribution in [0.4, 0.5) is 11.4 Å². The molecule has 1 aromatic heterocycles. The lowest BCUT2D eigenvalue weighted by molar-refractivity contribution is -0.137. The van der Waals surface area contributed by atoms with Crippen LogP contribution >= 0.6 is 11.3 Å². The topological polar surface area (TPSA) is 73.3 Å². The molecule has 0 saturated carbocycles. The number of carbonyl (C=O) groups excluding carboxylic acids is 1. The summed E-state index contributed by atoms with van der Waals surface area (Å²) < 4.78 is 7.59. The molecule has 2 aliphatic rings. The lowest BCUT2D eigenvalue weighted by Crippen LogP contribution is -2.46. The van der Waals surface area contributed by atoms with Crippen molar-refractivity contribution in [2.24, 2.45) is 0 Å². The number of ether oxygens (including phenoxy) is 1. The van der Waals surface area contributed by atoms with Crippen molar-refractivity contribution < 1.29 is 19.4 Å². The molecule has 1 saturated heterocycles. The van der Waals surface area contributed by atoms with Crippen LogP contribution in [0.25, 0.3) is 10.1 Å². The number of rotatable bonds is 25. The van der Waals surface area contributed by atoms with E-state index in [1.807, 2.05) is 16.2 Å². The lowest BCUT2D eigenvalue weighted by atomic mass is 10.00. The highest BCUT2D eigenvalue weighted by molar-refractivity contribution is 7.17. The van der Waals surface area contributed by atoms with E-state index in [-0.39, 0.29) is 5.91 Å². The number of anilines is 2. The van der Waals surface area contributed by atoms with Gasteiger partial charge in [0.15, 0.2) is 0 Å². The fourth-order valence-corrected chi connectivity index (χ4v) is 8.60. The molecule has 280 valence electrons. The number of piperazine rings is 1. The Hall–Kier alpha value is -3.10. The number of thiophene rings is 1. The van der Waals surface area contributed by atoms with Gasteiger partial charge in [-0.1, -0.05) is 95.6 Å². The molecule has 3 heterocycles. The quantitative estimate of drug-likeness (QED) is 0.0880. The number of amides is 1. The second kappa shape index (κ2) is 22.1. The number of fused-ring (bicyclic) bond motifs is 2.